The van der Waals surface area contributed by atoms with Gasteiger partial charge in [0.05, 0.1) is 0 Å². The lowest BCUT2D eigenvalue weighted by Gasteiger charge is -2.40. The van der Waals surface area contributed by atoms with Gasteiger partial charge in [-0.1, -0.05) is 11.5 Å². The predicted octanol–water partition coefficient (Wildman–Crippen LogP) is 1.52. The van der Waals surface area contributed by atoms with Crippen LogP contribution in [0, 0.1) is 5.82 Å². The Hall–Kier alpha value is -3.15. The second kappa shape index (κ2) is 6.29. The van der Waals surface area contributed by atoms with Crippen molar-refractivity contribution < 1.29 is 19.7 Å². The topological polar surface area (TPSA) is 72.8 Å². The molecule has 1 aliphatic carbocycles. The molecule has 26 heavy (non-hydrogen) atoms. The molecule has 136 valence electrons. The third kappa shape index (κ3) is 2.73. The van der Waals surface area contributed by atoms with Gasteiger partial charge in [0, 0.05) is 56.8 Å². The summed E-state index contributed by atoms with van der Waals surface area (Å²) in [6.45, 7) is 0. The van der Waals surface area contributed by atoms with Crippen LogP contribution >= 0.6 is 0 Å². The van der Waals surface area contributed by atoms with Gasteiger partial charge in [-0.15, -0.1) is 0 Å². The van der Waals surface area contributed by atoms with E-state index in [1.807, 2.05) is 14.1 Å². The van der Waals surface area contributed by atoms with Crippen molar-refractivity contribution in [1.82, 2.24) is 0 Å². The van der Waals surface area contributed by atoms with Gasteiger partial charge in [0.1, 0.15) is 11.6 Å². The van der Waals surface area contributed by atoms with Gasteiger partial charge in [0.15, 0.2) is 0 Å². The Balaban J connectivity index is 1.99. The summed E-state index contributed by atoms with van der Waals surface area (Å²) in [5, 5.41) is 35.2. The summed E-state index contributed by atoms with van der Waals surface area (Å²) in [6.07, 6.45) is 0. The number of aromatic hydroxyl groups is 1. The molecule has 0 unspecified atom stereocenters. The Labute approximate surface area is 151 Å². The van der Waals surface area contributed by atoms with Gasteiger partial charge >= 0.3 is 0 Å². The van der Waals surface area contributed by atoms with Crippen molar-refractivity contribution in [2.24, 2.45) is 0 Å². The standard InChI is InChI=1S/C20H21FN2O3/c1-22(2)11-5-7-13(15(21)9-11)17-19(25)18(20(17)26)14-8-6-12(23(3)4)10-16(14)24/h5-10,24-26H,1-4H3/p-2. The predicted molar refractivity (Wildman–Crippen MR) is 97.0 cm³/mol. The monoisotopic (exact) mass is 354 g/mol. The fourth-order valence-electron chi connectivity index (χ4n) is 2.88. The number of allylic oxidation sites excluding steroid dienone is 2. The first-order valence-electron chi connectivity index (χ1n) is 8.03. The lowest BCUT2D eigenvalue weighted by molar-refractivity contribution is -0.316. The zero-order valence-corrected chi connectivity index (χ0v) is 15.0. The van der Waals surface area contributed by atoms with Crippen LogP contribution in [0.25, 0.3) is 11.1 Å². The fraction of sp³-hybridized carbons (Fsp3) is 0.200. The van der Waals surface area contributed by atoms with E-state index in [1.165, 1.54) is 24.3 Å². The van der Waals surface area contributed by atoms with Gasteiger partial charge in [-0.05, 0) is 41.5 Å². The molecule has 2 aromatic carbocycles. The summed E-state index contributed by atoms with van der Waals surface area (Å²) in [5.41, 5.74) is 1.23. The Kier molecular flexibility index (Phi) is 4.28. The average molecular weight is 354 g/mol. The molecule has 0 aliphatic heterocycles. The maximum Gasteiger partial charge on any atom is 0.133 e. The normalized spacial score (nSPS) is 13.7. The molecule has 5 nitrogen and oxygen atoms in total. The van der Waals surface area contributed by atoms with E-state index in [1.54, 1.807) is 36.0 Å². The number of hydrogen-bond donors (Lipinski definition) is 1. The van der Waals surface area contributed by atoms with Gasteiger partial charge in [0.2, 0.25) is 0 Å². The maximum atomic E-state index is 14.4. The van der Waals surface area contributed by atoms with Crippen LogP contribution in [0.15, 0.2) is 47.9 Å². The first-order valence-corrected chi connectivity index (χ1v) is 8.03. The highest BCUT2D eigenvalue weighted by Crippen LogP contribution is 2.45. The summed E-state index contributed by atoms with van der Waals surface area (Å²) in [4.78, 5) is 3.52. The third-order valence-electron chi connectivity index (χ3n) is 4.41. The minimum Gasteiger partial charge on any atom is -0.872 e. The van der Waals surface area contributed by atoms with Crippen molar-refractivity contribution in [3.05, 3.63) is 64.9 Å². The second-order valence-corrected chi connectivity index (χ2v) is 6.56. The number of benzene rings is 2. The van der Waals surface area contributed by atoms with Crippen molar-refractivity contribution in [1.29, 1.82) is 0 Å². The molecule has 0 radical (unpaired) electrons. The van der Waals surface area contributed by atoms with E-state index in [2.05, 4.69) is 0 Å². The van der Waals surface area contributed by atoms with Crippen LogP contribution in [0.1, 0.15) is 11.1 Å². The first-order chi connectivity index (χ1) is 12.2. The van der Waals surface area contributed by atoms with Crippen LogP contribution in [-0.2, 0) is 0 Å². The van der Waals surface area contributed by atoms with Gasteiger partial charge in [-0.25, -0.2) is 4.39 Å². The molecule has 0 aromatic heterocycles. The van der Waals surface area contributed by atoms with Crippen LogP contribution in [0.3, 0.4) is 0 Å². The maximum absolute atomic E-state index is 14.4. The van der Waals surface area contributed by atoms with E-state index in [-0.39, 0.29) is 28.0 Å². The molecule has 6 heteroatoms. The first kappa shape index (κ1) is 17.7. The minimum absolute atomic E-state index is 0.0150. The van der Waals surface area contributed by atoms with Crippen molar-refractivity contribution in [2.45, 2.75) is 0 Å². The highest BCUT2D eigenvalue weighted by Gasteiger charge is 2.23. The molecule has 0 saturated heterocycles. The molecule has 1 N–H and O–H groups in total. The minimum atomic E-state index is -0.626. The summed E-state index contributed by atoms with van der Waals surface area (Å²) < 4.78 is 14.4. The number of nitrogens with zero attached hydrogens (tertiary/aromatic N) is 2. The molecular weight excluding hydrogens is 335 g/mol. The Morgan fingerprint density at radius 2 is 1.23 bits per heavy atom. The average Bonchev–Trinajstić information content (AvgIpc) is 2.58. The zero-order chi connectivity index (χ0) is 19.2. The van der Waals surface area contributed by atoms with Crippen LogP contribution in [0.5, 0.6) is 5.75 Å². The Morgan fingerprint density at radius 3 is 1.69 bits per heavy atom. The van der Waals surface area contributed by atoms with Crippen LogP contribution in [0.4, 0.5) is 15.8 Å². The van der Waals surface area contributed by atoms with E-state index in [9.17, 15) is 19.7 Å². The molecule has 0 bridgehead atoms. The molecule has 0 saturated carbocycles. The lowest BCUT2D eigenvalue weighted by atomic mass is 9.84. The van der Waals surface area contributed by atoms with Crippen molar-refractivity contribution >= 4 is 22.5 Å². The summed E-state index contributed by atoms with van der Waals surface area (Å²) in [5.74, 6) is -1.90. The van der Waals surface area contributed by atoms with Crippen molar-refractivity contribution in [2.75, 3.05) is 38.0 Å². The van der Waals surface area contributed by atoms with Crippen LogP contribution < -0.4 is 20.0 Å². The number of anilines is 2. The molecule has 0 spiro atoms. The van der Waals surface area contributed by atoms with E-state index >= 15 is 0 Å². The molecule has 0 heterocycles. The smallest absolute Gasteiger partial charge is 0.133 e. The molecule has 0 atom stereocenters. The second-order valence-electron chi connectivity index (χ2n) is 6.56. The number of phenolic OH excluding ortho intramolecular Hbond substituents is 1. The number of halogens is 1. The fourth-order valence-corrected chi connectivity index (χ4v) is 2.88. The summed E-state index contributed by atoms with van der Waals surface area (Å²) in [7, 11) is 7.17. The van der Waals surface area contributed by atoms with Gasteiger partial charge in [-0.3, -0.25) is 0 Å². The Bertz CT molecular complexity index is 858. The summed E-state index contributed by atoms with van der Waals surface area (Å²) in [6, 6.07) is 9.07. The molecule has 0 amide bonds. The van der Waals surface area contributed by atoms with Gasteiger partial charge < -0.3 is 25.1 Å². The van der Waals surface area contributed by atoms with Gasteiger partial charge in [-0.2, -0.15) is 0 Å². The molecule has 0 fully saturated rings. The molecule has 2 aromatic rings. The van der Waals surface area contributed by atoms with E-state index < -0.39 is 17.3 Å². The lowest BCUT2D eigenvalue weighted by Crippen LogP contribution is -2.27. The molecule has 1 aliphatic rings. The Morgan fingerprint density at radius 1 is 0.769 bits per heavy atom. The number of phenols is 1. The van der Waals surface area contributed by atoms with Crippen molar-refractivity contribution in [3.63, 3.8) is 0 Å². The largest absolute Gasteiger partial charge is 0.872 e. The quantitative estimate of drug-likeness (QED) is 0.901. The zero-order valence-electron chi connectivity index (χ0n) is 15.0. The highest BCUT2D eigenvalue weighted by molar-refractivity contribution is 6.06. The van der Waals surface area contributed by atoms with Crippen LogP contribution in [-0.4, -0.2) is 33.3 Å². The highest BCUT2D eigenvalue weighted by atomic mass is 19.1. The third-order valence-corrected chi connectivity index (χ3v) is 4.41. The summed E-state index contributed by atoms with van der Waals surface area (Å²) >= 11 is 0. The molecule has 3 rings (SSSR count). The number of hydrogen-bond acceptors (Lipinski definition) is 5. The van der Waals surface area contributed by atoms with E-state index in [0.29, 0.717) is 5.69 Å². The van der Waals surface area contributed by atoms with E-state index in [4.69, 9.17) is 0 Å². The van der Waals surface area contributed by atoms with E-state index in [0.717, 1.165) is 5.69 Å². The van der Waals surface area contributed by atoms with Crippen LogP contribution in [0.2, 0.25) is 0 Å². The number of rotatable bonds is 4. The molecular formula is C20H19FN2O3-2. The van der Waals surface area contributed by atoms with Crippen molar-refractivity contribution in [3.8, 4) is 5.75 Å². The van der Waals surface area contributed by atoms with Gasteiger partial charge in [0.25, 0.3) is 0 Å². The SMILES string of the molecule is CN(C)c1ccc(C2=C([O-])C(c3ccc(N(C)C)cc3F)=C2[O-])c(O)c1.